The lowest BCUT2D eigenvalue weighted by Gasteiger charge is -2.36. The molecule has 0 spiro atoms. The van der Waals surface area contributed by atoms with Crippen molar-refractivity contribution in [2.75, 3.05) is 6.54 Å². The van der Waals surface area contributed by atoms with E-state index in [9.17, 15) is 14.4 Å². The molecule has 1 atom stereocenters. The number of nitrogens with one attached hydrogen (secondary N) is 1. The number of piperidine rings is 1. The summed E-state index contributed by atoms with van der Waals surface area (Å²) in [7, 11) is 0. The minimum atomic E-state index is -0.549. The summed E-state index contributed by atoms with van der Waals surface area (Å²) < 4.78 is 1.25. The topological polar surface area (TPSA) is 75.2 Å². The summed E-state index contributed by atoms with van der Waals surface area (Å²) >= 11 is 0. The molecule has 1 saturated heterocycles. The Morgan fingerprint density at radius 3 is 2.67 bits per heavy atom. The van der Waals surface area contributed by atoms with Gasteiger partial charge in [-0.25, -0.2) is 4.79 Å². The van der Waals surface area contributed by atoms with Crippen LogP contribution in [0, 0.1) is 0 Å². The van der Waals surface area contributed by atoms with Crippen molar-refractivity contribution in [2.45, 2.75) is 38.3 Å². The number of hydrogen-bond acceptors (Lipinski definition) is 3. The van der Waals surface area contributed by atoms with Crippen LogP contribution in [0.2, 0.25) is 0 Å². The van der Waals surface area contributed by atoms with Gasteiger partial charge in [-0.15, -0.1) is 0 Å². The predicted molar refractivity (Wildman–Crippen MR) is 90.8 cm³/mol. The van der Waals surface area contributed by atoms with Crippen LogP contribution in [0.15, 0.2) is 52.2 Å². The minimum Gasteiger partial charge on any atom is -0.338 e. The second-order valence-electron chi connectivity index (χ2n) is 6.16. The van der Waals surface area contributed by atoms with Crippen molar-refractivity contribution >= 4 is 5.91 Å². The van der Waals surface area contributed by atoms with E-state index in [1.54, 1.807) is 0 Å². The number of amides is 1. The van der Waals surface area contributed by atoms with Crippen molar-refractivity contribution in [1.29, 1.82) is 0 Å². The molecule has 1 aliphatic rings. The number of H-pyrrole nitrogens is 1. The van der Waals surface area contributed by atoms with E-state index in [2.05, 4.69) is 17.1 Å². The zero-order chi connectivity index (χ0) is 16.9. The summed E-state index contributed by atoms with van der Waals surface area (Å²) in [6, 6.07) is 11.6. The molecule has 1 fully saturated rings. The number of nitrogens with zero attached hydrogens (tertiary/aromatic N) is 2. The van der Waals surface area contributed by atoms with Gasteiger partial charge in [0.1, 0.15) is 6.54 Å². The highest BCUT2D eigenvalue weighted by atomic mass is 16.2. The average Bonchev–Trinajstić information content (AvgIpc) is 2.59. The maximum absolute atomic E-state index is 12.7. The standard InChI is InChI=1S/C18H21N3O3/c22-16-9-11-20(18(24)19-16)13-17(23)21-10-5-4-8-15(21)12-14-6-2-1-3-7-14/h1-3,6-7,9,11,15H,4-5,8,10,12-13H2,(H,19,22,24)/t15-/m1/s1. The van der Waals surface area contributed by atoms with Crippen molar-refractivity contribution in [3.8, 4) is 0 Å². The van der Waals surface area contributed by atoms with Crippen LogP contribution in [0.3, 0.4) is 0 Å². The van der Waals surface area contributed by atoms with Crippen molar-refractivity contribution < 1.29 is 4.79 Å². The first-order chi connectivity index (χ1) is 11.6. The third kappa shape index (κ3) is 3.82. The highest BCUT2D eigenvalue weighted by molar-refractivity contribution is 5.76. The zero-order valence-corrected chi connectivity index (χ0v) is 13.5. The summed E-state index contributed by atoms with van der Waals surface area (Å²) in [5.74, 6) is -0.0789. The summed E-state index contributed by atoms with van der Waals surface area (Å²) in [4.78, 5) is 39.6. The van der Waals surface area contributed by atoms with Crippen LogP contribution in [0.5, 0.6) is 0 Å². The van der Waals surface area contributed by atoms with Crippen LogP contribution in [0.25, 0.3) is 0 Å². The Labute approximate surface area is 139 Å². The molecule has 6 heteroatoms. The van der Waals surface area contributed by atoms with Gasteiger partial charge in [-0.2, -0.15) is 0 Å². The lowest BCUT2D eigenvalue weighted by Crippen LogP contribution is -2.47. The van der Waals surface area contributed by atoms with E-state index in [4.69, 9.17) is 0 Å². The maximum atomic E-state index is 12.7. The quantitative estimate of drug-likeness (QED) is 0.916. The van der Waals surface area contributed by atoms with Crippen LogP contribution in [-0.2, 0) is 17.8 Å². The lowest BCUT2D eigenvalue weighted by atomic mass is 9.95. The molecule has 0 aliphatic carbocycles. The van der Waals surface area contributed by atoms with Gasteiger partial charge in [0, 0.05) is 24.8 Å². The molecule has 0 radical (unpaired) electrons. The number of rotatable bonds is 4. The first kappa shape index (κ1) is 16.2. The molecule has 1 amide bonds. The molecule has 0 saturated carbocycles. The SMILES string of the molecule is O=C(Cn1ccc(=O)[nH]c1=O)N1CCCC[C@@H]1Cc1ccccc1. The van der Waals surface area contributed by atoms with Gasteiger partial charge in [-0.3, -0.25) is 19.1 Å². The van der Waals surface area contributed by atoms with Crippen LogP contribution in [0.1, 0.15) is 24.8 Å². The molecule has 1 aromatic heterocycles. The molecule has 126 valence electrons. The molecule has 0 bridgehead atoms. The highest BCUT2D eigenvalue weighted by Gasteiger charge is 2.26. The smallest absolute Gasteiger partial charge is 0.328 e. The molecule has 2 heterocycles. The average molecular weight is 327 g/mol. The maximum Gasteiger partial charge on any atom is 0.328 e. The largest absolute Gasteiger partial charge is 0.338 e. The molecule has 1 aliphatic heterocycles. The van der Waals surface area contributed by atoms with E-state index in [0.717, 1.165) is 25.7 Å². The Morgan fingerprint density at radius 1 is 1.12 bits per heavy atom. The first-order valence-electron chi connectivity index (χ1n) is 8.26. The number of carbonyl (C=O) groups is 1. The van der Waals surface area contributed by atoms with E-state index in [1.807, 2.05) is 23.1 Å². The number of hydrogen-bond donors (Lipinski definition) is 1. The van der Waals surface area contributed by atoms with Crippen molar-refractivity contribution in [3.63, 3.8) is 0 Å². The predicted octanol–water partition coefficient (Wildman–Crippen LogP) is 1.16. The van der Waals surface area contributed by atoms with Gasteiger partial charge in [0.25, 0.3) is 5.56 Å². The van der Waals surface area contributed by atoms with Gasteiger partial charge in [0.15, 0.2) is 0 Å². The van der Waals surface area contributed by atoms with Gasteiger partial charge in [0.2, 0.25) is 5.91 Å². The Balaban J connectivity index is 1.73. The van der Waals surface area contributed by atoms with E-state index < -0.39 is 11.2 Å². The Morgan fingerprint density at radius 2 is 1.92 bits per heavy atom. The third-order valence-electron chi connectivity index (χ3n) is 4.46. The summed E-state index contributed by atoms with van der Waals surface area (Å²) in [5, 5.41) is 0. The van der Waals surface area contributed by atoms with Crippen LogP contribution < -0.4 is 11.2 Å². The number of aromatic amines is 1. The second kappa shape index (κ2) is 7.29. The van der Waals surface area contributed by atoms with E-state index in [0.29, 0.717) is 6.54 Å². The summed E-state index contributed by atoms with van der Waals surface area (Å²) in [5.41, 5.74) is 0.208. The monoisotopic (exact) mass is 327 g/mol. The lowest BCUT2D eigenvalue weighted by molar-refractivity contribution is -0.135. The molecule has 1 N–H and O–H groups in total. The van der Waals surface area contributed by atoms with Crippen LogP contribution >= 0.6 is 0 Å². The fourth-order valence-electron chi connectivity index (χ4n) is 3.23. The van der Waals surface area contributed by atoms with Gasteiger partial charge in [0.05, 0.1) is 0 Å². The zero-order valence-electron chi connectivity index (χ0n) is 13.5. The Hall–Kier alpha value is -2.63. The molecular formula is C18H21N3O3. The molecule has 1 aromatic carbocycles. The van der Waals surface area contributed by atoms with Crippen molar-refractivity contribution in [1.82, 2.24) is 14.5 Å². The fraction of sp³-hybridized carbons (Fsp3) is 0.389. The van der Waals surface area contributed by atoms with Crippen LogP contribution in [-0.4, -0.2) is 32.9 Å². The van der Waals surface area contributed by atoms with Gasteiger partial charge in [-0.05, 0) is 31.2 Å². The van der Waals surface area contributed by atoms with Gasteiger partial charge in [-0.1, -0.05) is 30.3 Å². The number of aromatic nitrogens is 2. The van der Waals surface area contributed by atoms with E-state index in [-0.39, 0.29) is 18.5 Å². The van der Waals surface area contributed by atoms with E-state index in [1.165, 1.54) is 22.4 Å². The summed E-state index contributed by atoms with van der Waals surface area (Å²) in [6.07, 6.45) is 5.26. The van der Waals surface area contributed by atoms with Crippen molar-refractivity contribution in [3.05, 3.63) is 69.0 Å². The van der Waals surface area contributed by atoms with Gasteiger partial charge >= 0.3 is 5.69 Å². The normalized spacial score (nSPS) is 17.7. The third-order valence-corrected chi connectivity index (χ3v) is 4.46. The first-order valence-corrected chi connectivity index (χ1v) is 8.26. The molecule has 6 nitrogen and oxygen atoms in total. The Kier molecular flexibility index (Phi) is 4.93. The second-order valence-corrected chi connectivity index (χ2v) is 6.16. The minimum absolute atomic E-state index is 0.0408. The van der Waals surface area contributed by atoms with Crippen molar-refractivity contribution in [2.24, 2.45) is 0 Å². The molecule has 0 unspecified atom stereocenters. The van der Waals surface area contributed by atoms with Crippen LogP contribution in [0.4, 0.5) is 0 Å². The number of likely N-dealkylation sites (tertiary alicyclic amines) is 1. The Bertz CT molecular complexity index is 810. The highest BCUT2D eigenvalue weighted by Crippen LogP contribution is 2.21. The molecule has 24 heavy (non-hydrogen) atoms. The molecular weight excluding hydrogens is 306 g/mol. The van der Waals surface area contributed by atoms with Gasteiger partial charge < -0.3 is 4.90 Å². The van der Waals surface area contributed by atoms with E-state index >= 15 is 0 Å². The fourth-order valence-corrected chi connectivity index (χ4v) is 3.23. The molecule has 2 aromatic rings. The summed E-state index contributed by atoms with van der Waals surface area (Å²) in [6.45, 7) is 0.676. The molecule has 3 rings (SSSR count). The number of benzene rings is 1. The number of carbonyl (C=O) groups excluding carboxylic acids is 1.